The van der Waals surface area contributed by atoms with Crippen LogP contribution in [0.5, 0.6) is 0 Å². The van der Waals surface area contributed by atoms with Crippen molar-refractivity contribution in [3.8, 4) is 0 Å². The summed E-state index contributed by atoms with van der Waals surface area (Å²) in [6.07, 6.45) is 1.83. The zero-order valence-corrected chi connectivity index (χ0v) is 9.25. The van der Waals surface area contributed by atoms with Gasteiger partial charge in [0.15, 0.2) is 0 Å². The molecule has 0 aliphatic carbocycles. The Kier molecular flexibility index (Phi) is 2.41. The van der Waals surface area contributed by atoms with E-state index in [4.69, 9.17) is 5.73 Å². The van der Waals surface area contributed by atoms with Crippen LogP contribution in [0.1, 0.15) is 18.2 Å². The van der Waals surface area contributed by atoms with E-state index in [1.807, 2.05) is 0 Å². The number of nitrogens with two attached hydrogens (primary N) is 1. The molecule has 2 N–H and O–H groups in total. The summed E-state index contributed by atoms with van der Waals surface area (Å²) in [5.41, 5.74) is 6.15. The monoisotopic (exact) mass is 222 g/mol. The summed E-state index contributed by atoms with van der Waals surface area (Å²) < 4.78 is 1.66. The Morgan fingerprint density at radius 3 is 2.75 bits per heavy atom. The molecular weight excluding hydrogens is 208 g/mol. The van der Waals surface area contributed by atoms with Gasteiger partial charge in [0.25, 0.3) is 0 Å². The lowest BCUT2D eigenvalue weighted by Crippen LogP contribution is -2.31. The number of aryl methyl sites for hydroxylation is 1. The van der Waals surface area contributed by atoms with Crippen LogP contribution in [0.3, 0.4) is 0 Å². The quantitative estimate of drug-likeness (QED) is 0.727. The number of carbonyl (C=O) groups excluding carboxylic acids is 2. The van der Waals surface area contributed by atoms with Gasteiger partial charge in [0.1, 0.15) is 0 Å². The Balaban J connectivity index is 2.40. The summed E-state index contributed by atoms with van der Waals surface area (Å²) in [4.78, 5) is 24.5. The molecular formula is C10H14N4O2. The van der Waals surface area contributed by atoms with Gasteiger partial charge >= 0.3 is 0 Å². The lowest BCUT2D eigenvalue weighted by atomic mass is 9.97. The first-order chi connectivity index (χ1) is 7.52. The Morgan fingerprint density at radius 1 is 1.56 bits per heavy atom. The van der Waals surface area contributed by atoms with Crippen molar-refractivity contribution in [2.75, 3.05) is 7.05 Å². The molecule has 0 spiro atoms. The Labute approximate surface area is 93.0 Å². The summed E-state index contributed by atoms with van der Waals surface area (Å²) in [7, 11) is 3.47. The maximum absolute atomic E-state index is 11.6. The highest BCUT2D eigenvalue weighted by Gasteiger charge is 2.42. The number of amides is 2. The first-order valence-corrected chi connectivity index (χ1v) is 5.05. The fourth-order valence-electron chi connectivity index (χ4n) is 2.20. The van der Waals surface area contributed by atoms with Gasteiger partial charge in [0.2, 0.25) is 11.8 Å². The molecule has 1 aliphatic rings. The molecule has 1 aromatic heterocycles. The third kappa shape index (κ3) is 1.46. The summed E-state index contributed by atoms with van der Waals surface area (Å²) in [5.74, 6) is -0.966. The van der Waals surface area contributed by atoms with E-state index in [-0.39, 0.29) is 18.4 Å². The summed E-state index contributed by atoms with van der Waals surface area (Å²) in [5, 5.41) is 4.04. The molecule has 6 heteroatoms. The molecule has 0 aromatic carbocycles. The molecule has 86 valence electrons. The highest BCUT2D eigenvalue weighted by Crippen LogP contribution is 2.36. The van der Waals surface area contributed by atoms with Crippen molar-refractivity contribution < 1.29 is 9.59 Å². The van der Waals surface area contributed by atoms with Crippen molar-refractivity contribution >= 4 is 11.8 Å². The van der Waals surface area contributed by atoms with Crippen molar-refractivity contribution in [2.45, 2.75) is 12.5 Å². The topological polar surface area (TPSA) is 81.2 Å². The Morgan fingerprint density at radius 2 is 2.25 bits per heavy atom. The van der Waals surface area contributed by atoms with E-state index < -0.39 is 11.8 Å². The minimum Gasteiger partial charge on any atom is -0.369 e. The normalized spacial score (nSPS) is 25.1. The number of hydrogen-bond acceptors (Lipinski definition) is 3. The molecule has 0 saturated carbocycles. The minimum atomic E-state index is -0.465. The van der Waals surface area contributed by atoms with E-state index in [2.05, 4.69) is 5.10 Å². The second kappa shape index (κ2) is 3.62. The van der Waals surface area contributed by atoms with Gasteiger partial charge in [-0.1, -0.05) is 0 Å². The predicted molar refractivity (Wildman–Crippen MR) is 56.0 cm³/mol. The van der Waals surface area contributed by atoms with E-state index in [1.165, 1.54) is 0 Å². The number of primary amides is 1. The van der Waals surface area contributed by atoms with E-state index in [0.717, 1.165) is 5.69 Å². The molecule has 1 aliphatic heterocycles. The van der Waals surface area contributed by atoms with Gasteiger partial charge in [-0.2, -0.15) is 5.10 Å². The van der Waals surface area contributed by atoms with Crippen LogP contribution in [0.2, 0.25) is 0 Å². The van der Waals surface area contributed by atoms with Crippen molar-refractivity contribution in [3.63, 3.8) is 0 Å². The standard InChI is InChI=1S/C10H14N4O2/c1-13-8(15)5-6(10(11)16)9(13)7-3-4-12-14(7)2/h3-4,6,9H,5H2,1-2H3,(H2,11,16). The molecule has 0 bridgehead atoms. The number of likely N-dealkylation sites (tertiary alicyclic amines) is 1. The SMILES string of the molecule is CN1C(=O)CC(C(N)=O)C1c1ccnn1C. The van der Waals surface area contributed by atoms with E-state index in [9.17, 15) is 9.59 Å². The number of aromatic nitrogens is 2. The molecule has 0 radical (unpaired) electrons. The fraction of sp³-hybridized carbons (Fsp3) is 0.500. The van der Waals surface area contributed by atoms with Crippen LogP contribution in [0, 0.1) is 5.92 Å². The lowest BCUT2D eigenvalue weighted by molar-refractivity contribution is -0.128. The van der Waals surface area contributed by atoms with Crippen LogP contribution in [0.4, 0.5) is 0 Å². The Bertz CT molecular complexity index is 440. The molecule has 16 heavy (non-hydrogen) atoms. The molecule has 2 rings (SSSR count). The van der Waals surface area contributed by atoms with Crippen LogP contribution in [0.25, 0.3) is 0 Å². The molecule has 2 heterocycles. The minimum absolute atomic E-state index is 0.0602. The van der Waals surface area contributed by atoms with Crippen molar-refractivity contribution in [1.29, 1.82) is 0 Å². The van der Waals surface area contributed by atoms with Gasteiger partial charge in [-0.3, -0.25) is 14.3 Å². The number of nitrogens with zero attached hydrogens (tertiary/aromatic N) is 3. The van der Waals surface area contributed by atoms with Crippen LogP contribution >= 0.6 is 0 Å². The second-order valence-corrected chi connectivity index (χ2v) is 4.04. The van der Waals surface area contributed by atoms with Crippen molar-refractivity contribution in [3.05, 3.63) is 18.0 Å². The predicted octanol–water partition coefficient (Wildman–Crippen LogP) is -0.575. The van der Waals surface area contributed by atoms with Gasteiger partial charge < -0.3 is 10.6 Å². The van der Waals surface area contributed by atoms with Crippen LogP contribution < -0.4 is 5.73 Å². The van der Waals surface area contributed by atoms with Crippen LogP contribution in [-0.4, -0.2) is 33.5 Å². The van der Waals surface area contributed by atoms with Gasteiger partial charge in [0, 0.05) is 26.7 Å². The van der Waals surface area contributed by atoms with E-state index in [0.29, 0.717) is 0 Å². The average molecular weight is 222 g/mol. The van der Waals surface area contributed by atoms with E-state index >= 15 is 0 Å². The summed E-state index contributed by atoms with van der Waals surface area (Å²) in [6.45, 7) is 0. The molecule has 2 unspecified atom stereocenters. The van der Waals surface area contributed by atoms with Gasteiger partial charge in [0.05, 0.1) is 17.7 Å². The van der Waals surface area contributed by atoms with Gasteiger partial charge in [-0.25, -0.2) is 0 Å². The van der Waals surface area contributed by atoms with Crippen LogP contribution in [0.15, 0.2) is 12.3 Å². The third-order valence-electron chi connectivity index (χ3n) is 3.11. The summed E-state index contributed by atoms with van der Waals surface area (Å²) in [6, 6.07) is 1.51. The number of carbonyl (C=O) groups is 2. The highest BCUT2D eigenvalue weighted by molar-refractivity contribution is 5.89. The molecule has 1 fully saturated rings. The number of hydrogen-bond donors (Lipinski definition) is 1. The van der Waals surface area contributed by atoms with E-state index in [1.54, 1.807) is 35.9 Å². The maximum atomic E-state index is 11.6. The largest absolute Gasteiger partial charge is 0.369 e. The van der Waals surface area contributed by atoms with Crippen molar-refractivity contribution in [2.24, 2.45) is 18.7 Å². The van der Waals surface area contributed by atoms with Crippen LogP contribution in [-0.2, 0) is 16.6 Å². The molecule has 2 atom stereocenters. The first-order valence-electron chi connectivity index (χ1n) is 5.05. The molecule has 1 aromatic rings. The second-order valence-electron chi connectivity index (χ2n) is 4.04. The maximum Gasteiger partial charge on any atom is 0.223 e. The highest BCUT2D eigenvalue weighted by atomic mass is 16.2. The van der Waals surface area contributed by atoms with Crippen molar-refractivity contribution in [1.82, 2.24) is 14.7 Å². The zero-order chi connectivity index (χ0) is 11.9. The lowest BCUT2D eigenvalue weighted by Gasteiger charge is -2.23. The molecule has 2 amide bonds. The Hall–Kier alpha value is -1.85. The fourth-order valence-corrected chi connectivity index (χ4v) is 2.20. The average Bonchev–Trinajstić information content (AvgIpc) is 2.73. The molecule has 6 nitrogen and oxygen atoms in total. The van der Waals surface area contributed by atoms with Gasteiger partial charge in [-0.05, 0) is 6.07 Å². The first kappa shape index (κ1) is 10.7. The smallest absolute Gasteiger partial charge is 0.223 e. The molecule has 1 saturated heterocycles. The number of rotatable bonds is 2. The zero-order valence-electron chi connectivity index (χ0n) is 9.25. The summed E-state index contributed by atoms with van der Waals surface area (Å²) >= 11 is 0. The third-order valence-corrected chi connectivity index (χ3v) is 3.11. The van der Waals surface area contributed by atoms with Gasteiger partial charge in [-0.15, -0.1) is 0 Å².